The van der Waals surface area contributed by atoms with E-state index in [-0.39, 0.29) is 48.0 Å². The van der Waals surface area contributed by atoms with Crippen LogP contribution in [0, 0.1) is 6.92 Å². The monoisotopic (exact) mass is 1220 g/mol. The van der Waals surface area contributed by atoms with Crippen LogP contribution in [-0.4, -0.2) is 87.2 Å². The lowest BCUT2D eigenvalue weighted by Crippen LogP contribution is -2.63. The molecule has 6 rings (SSSR count). The average Bonchev–Trinajstić information content (AvgIpc) is 2.24. The SMILES string of the molecule is CCCCCCCCCCCCCC[C@@H](O[Si](C)(C)C(C)(C)C)[C@H](O[Si](C)(C)C(C)(C)C)[C@H](CO[C@@H]1OC(COCc2ccccc2)[C@H](OCc2ccccc2)[C@H](OCc2ccccc2)C1OCc1ccccc1)NS(=O)(=O)c1cccc(C)c1. The number of hydrogen-bond donors (Lipinski definition) is 1. The molecular weight excluding hydrogens is 1120 g/mol. The summed E-state index contributed by atoms with van der Waals surface area (Å²) in [4.78, 5) is 0.160. The first kappa shape index (κ1) is 70.2. The number of ether oxygens (including phenoxy) is 6. The van der Waals surface area contributed by atoms with Gasteiger partial charge in [-0.25, -0.2) is 13.1 Å². The molecule has 0 spiro atoms. The Hall–Kier alpha value is -3.88. The van der Waals surface area contributed by atoms with Gasteiger partial charge in [0.2, 0.25) is 10.0 Å². The van der Waals surface area contributed by atoms with E-state index in [0.717, 1.165) is 47.1 Å². The molecular formula is C71H107NO10SSi2. The minimum absolute atomic E-state index is 0.132. The van der Waals surface area contributed by atoms with E-state index in [2.05, 4.69) is 79.4 Å². The van der Waals surface area contributed by atoms with E-state index in [1.165, 1.54) is 57.8 Å². The van der Waals surface area contributed by atoms with Gasteiger partial charge in [-0.1, -0.05) is 259 Å². The Kier molecular flexibility index (Phi) is 28.7. The largest absolute Gasteiger partial charge is 0.411 e. The Morgan fingerprint density at radius 1 is 0.518 bits per heavy atom. The first-order valence-electron chi connectivity index (χ1n) is 31.9. The summed E-state index contributed by atoms with van der Waals surface area (Å²) in [5, 5.41) is -0.390. The van der Waals surface area contributed by atoms with Crippen molar-refractivity contribution in [3.8, 4) is 0 Å². The normalized spacial score (nSPS) is 19.2. The quantitative estimate of drug-likeness (QED) is 0.0302. The van der Waals surface area contributed by atoms with Gasteiger partial charge in [0.15, 0.2) is 22.9 Å². The van der Waals surface area contributed by atoms with Gasteiger partial charge in [-0.15, -0.1) is 0 Å². The molecule has 1 aliphatic rings. The fraction of sp³-hybridized carbons (Fsp3) is 0.577. The van der Waals surface area contributed by atoms with E-state index < -0.39 is 75.6 Å². The minimum atomic E-state index is -4.20. The number of rotatable bonds is 38. The summed E-state index contributed by atoms with van der Waals surface area (Å²) in [6, 6.07) is 46.3. The van der Waals surface area contributed by atoms with Crippen LogP contribution in [0.4, 0.5) is 0 Å². The summed E-state index contributed by atoms with van der Waals surface area (Å²) < 4.78 is 91.4. The van der Waals surface area contributed by atoms with Crippen molar-refractivity contribution in [1.29, 1.82) is 0 Å². The van der Waals surface area contributed by atoms with Gasteiger partial charge in [0.05, 0.1) is 62.8 Å². The second-order valence-electron chi connectivity index (χ2n) is 26.6. The molecule has 0 aromatic heterocycles. The summed E-state index contributed by atoms with van der Waals surface area (Å²) in [6.45, 7) is 27.7. The Balaban J connectivity index is 1.44. The zero-order chi connectivity index (χ0) is 61.4. The maximum absolute atomic E-state index is 15.2. The van der Waals surface area contributed by atoms with Crippen LogP contribution < -0.4 is 4.72 Å². The smallest absolute Gasteiger partial charge is 0.240 e. The Bertz CT molecular complexity index is 2730. The number of unbranched alkanes of at least 4 members (excludes halogenated alkanes) is 11. The number of hydrogen-bond acceptors (Lipinski definition) is 10. The summed E-state index contributed by atoms with van der Waals surface area (Å²) in [6.07, 6.45) is 9.94. The van der Waals surface area contributed by atoms with Crippen molar-refractivity contribution in [3.63, 3.8) is 0 Å². The van der Waals surface area contributed by atoms with E-state index in [9.17, 15) is 0 Å². The third-order valence-electron chi connectivity index (χ3n) is 17.5. The molecule has 470 valence electrons. The molecule has 5 aromatic carbocycles. The highest BCUT2D eigenvalue weighted by Gasteiger charge is 2.51. The highest BCUT2D eigenvalue weighted by Crippen LogP contribution is 2.42. The first-order valence-corrected chi connectivity index (χ1v) is 39.2. The average molecular weight is 1220 g/mol. The van der Waals surface area contributed by atoms with E-state index in [1.54, 1.807) is 18.2 Å². The first-order chi connectivity index (χ1) is 40.6. The second-order valence-corrected chi connectivity index (χ2v) is 37.9. The Labute approximate surface area is 516 Å². The van der Waals surface area contributed by atoms with Crippen LogP contribution in [0.1, 0.15) is 160 Å². The van der Waals surface area contributed by atoms with Gasteiger partial charge in [0.1, 0.15) is 24.4 Å². The van der Waals surface area contributed by atoms with Crippen LogP contribution in [-0.2, 0) is 73.7 Å². The van der Waals surface area contributed by atoms with Crippen molar-refractivity contribution < 1.29 is 45.7 Å². The van der Waals surface area contributed by atoms with Gasteiger partial charge in [-0.2, -0.15) is 0 Å². The van der Waals surface area contributed by atoms with Crippen molar-refractivity contribution in [2.75, 3.05) is 13.2 Å². The lowest BCUT2D eigenvalue weighted by molar-refractivity contribution is -0.329. The summed E-state index contributed by atoms with van der Waals surface area (Å²) in [5.74, 6) is 0. The zero-order valence-electron chi connectivity index (χ0n) is 53.9. The van der Waals surface area contributed by atoms with Crippen LogP contribution in [0.5, 0.6) is 0 Å². The third kappa shape index (κ3) is 23.2. The van der Waals surface area contributed by atoms with Crippen LogP contribution in [0.2, 0.25) is 36.3 Å². The van der Waals surface area contributed by atoms with E-state index in [1.807, 2.05) is 134 Å². The molecule has 8 atom stereocenters. The highest BCUT2D eigenvalue weighted by molar-refractivity contribution is 7.89. The van der Waals surface area contributed by atoms with Gasteiger partial charge in [0.25, 0.3) is 0 Å². The van der Waals surface area contributed by atoms with E-state index >= 15 is 8.42 Å². The van der Waals surface area contributed by atoms with Crippen LogP contribution >= 0.6 is 0 Å². The lowest BCUT2D eigenvalue weighted by atomic mass is 9.97. The number of sulfonamides is 1. The molecule has 0 bridgehead atoms. The molecule has 1 N–H and O–H groups in total. The molecule has 1 aliphatic heterocycles. The minimum Gasteiger partial charge on any atom is -0.411 e. The zero-order valence-corrected chi connectivity index (χ0v) is 56.7. The van der Waals surface area contributed by atoms with Crippen molar-refractivity contribution in [1.82, 2.24) is 4.72 Å². The maximum atomic E-state index is 15.2. The lowest BCUT2D eigenvalue weighted by Gasteiger charge is -2.48. The number of benzene rings is 5. The summed E-state index contributed by atoms with van der Waals surface area (Å²) in [5.41, 5.74) is 4.76. The maximum Gasteiger partial charge on any atom is 0.240 e. The Morgan fingerprint density at radius 2 is 0.953 bits per heavy atom. The fourth-order valence-corrected chi connectivity index (χ4v) is 14.3. The van der Waals surface area contributed by atoms with E-state index in [0.29, 0.717) is 13.0 Å². The van der Waals surface area contributed by atoms with Gasteiger partial charge in [-0.3, -0.25) is 0 Å². The molecule has 2 unspecified atom stereocenters. The predicted molar refractivity (Wildman–Crippen MR) is 351 cm³/mol. The van der Waals surface area contributed by atoms with Crippen molar-refractivity contribution in [2.24, 2.45) is 0 Å². The van der Waals surface area contributed by atoms with Crippen molar-refractivity contribution >= 4 is 26.7 Å². The standard InChI is InChI=1S/C71H107NO10SSi2/c1-13-14-15-16-17-18-19-20-21-22-23-36-48-63(81-84(9,10)70(3,4)5)65(82-85(11,12)71(6,7)8)62(72-83(73,74)61-47-37-38-56(2)49-61)54-79-69-68(78-53-60-45-34-27-35-46-60)67(77-52-59-43-32-26-33-44-59)66(76-51-58-41-30-25-31-42-58)64(80-69)55-75-50-57-39-28-24-29-40-57/h24-35,37-47,49,62-69,72H,13-23,36,48,50-55H2,1-12H3/t62-,63+,64?,65+,66-,67-,68?,69+/m0/s1. The molecule has 1 heterocycles. The molecule has 85 heavy (non-hydrogen) atoms. The molecule has 0 amide bonds. The second kappa shape index (κ2) is 34.8. The molecule has 14 heteroatoms. The summed E-state index contributed by atoms with van der Waals surface area (Å²) >= 11 is 0. The Morgan fingerprint density at radius 3 is 1.42 bits per heavy atom. The fourth-order valence-electron chi connectivity index (χ4n) is 10.3. The van der Waals surface area contributed by atoms with Crippen LogP contribution in [0.15, 0.2) is 150 Å². The number of aryl methyl sites for hydroxylation is 1. The molecule has 0 aliphatic carbocycles. The third-order valence-corrected chi connectivity index (χ3v) is 27.9. The van der Waals surface area contributed by atoms with Gasteiger partial charge in [0, 0.05) is 0 Å². The predicted octanol–water partition coefficient (Wildman–Crippen LogP) is 17.2. The van der Waals surface area contributed by atoms with Crippen LogP contribution in [0.25, 0.3) is 0 Å². The number of nitrogens with one attached hydrogen (secondary N) is 1. The molecule has 0 radical (unpaired) electrons. The van der Waals surface area contributed by atoms with E-state index in [4.69, 9.17) is 37.3 Å². The van der Waals surface area contributed by atoms with Gasteiger partial charge in [-0.05, 0) is 89.6 Å². The molecule has 11 nitrogen and oxygen atoms in total. The molecule has 0 saturated carbocycles. The van der Waals surface area contributed by atoms with Crippen molar-refractivity contribution in [3.05, 3.63) is 173 Å². The summed E-state index contributed by atoms with van der Waals surface area (Å²) in [7, 11) is -9.46. The van der Waals surface area contributed by atoms with Gasteiger partial charge >= 0.3 is 0 Å². The van der Waals surface area contributed by atoms with Crippen LogP contribution in [0.3, 0.4) is 0 Å². The van der Waals surface area contributed by atoms with Crippen molar-refractivity contribution in [2.45, 2.75) is 255 Å². The molecule has 5 aromatic rings. The molecule has 1 saturated heterocycles. The topological polar surface area (TPSA) is 120 Å². The highest BCUT2D eigenvalue weighted by atomic mass is 32.2. The molecule has 1 fully saturated rings. The van der Waals surface area contributed by atoms with Gasteiger partial charge < -0.3 is 37.3 Å².